The quantitative estimate of drug-likeness (QED) is 0.684. The van der Waals surface area contributed by atoms with Gasteiger partial charge in [-0.2, -0.15) is 0 Å². The van der Waals surface area contributed by atoms with Crippen LogP contribution in [0.5, 0.6) is 0 Å². The minimum absolute atomic E-state index is 0.139. The van der Waals surface area contributed by atoms with Crippen LogP contribution in [0.2, 0.25) is 5.02 Å². The molecule has 136 valence electrons. The van der Waals surface area contributed by atoms with Crippen LogP contribution in [-0.2, 0) is 4.79 Å². The normalized spacial score (nSPS) is 10.3. The predicted molar refractivity (Wildman–Crippen MR) is 104 cm³/mol. The van der Waals surface area contributed by atoms with Crippen molar-refractivity contribution in [2.45, 2.75) is 6.42 Å². The van der Waals surface area contributed by atoms with Gasteiger partial charge < -0.3 is 10.6 Å². The fourth-order valence-corrected chi connectivity index (χ4v) is 2.47. The Bertz CT molecular complexity index is 913. The highest BCUT2D eigenvalue weighted by Crippen LogP contribution is 2.14. The van der Waals surface area contributed by atoms with Gasteiger partial charge in [0.25, 0.3) is 5.91 Å². The van der Waals surface area contributed by atoms with Gasteiger partial charge in [-0.1, -0.05) is 41.9 Å². The SMILES string of the molecule is O=C(CCNC(=O)c1ccc(Cl)cc1)Nc1cnc(-c2ccccc2)nc1. The summed E-state index contributed by atoms with van der Waals surface area (Å²) in [4.78, 5) is 32.5. The van der Waals surface area contributed by atoms with Gasteiger partial charge in [0, 0.05) is 29.1 Å². The fourth-order valence-electron chi connectivity index (χ4n) is 2.35. The van der Waals surface area contributed by atoms with Gasteiger partial charge in [-0.15, -0.1) is 0 Å². The van der Waals surface area contributed by atoms with E-state index in [1.807, 2.05) is 30.3 Å². The molecular weight excluding hydrogens is 364 g/mol. The molecule has 1 aromatic heterocycles. The summed E-state index contributed by atoms with van der Waals surface area (Å²) < 4.78 is 0. The van der Waals surface area contributed by atoms with E-state index < -0.39 is 0 Å². The molecule has 2 aromatic carbocycles. The minimum Gasteiger partial charge on any atom is -0.352 e. The molecule has 0 unspecified atom stereocenters. The molecule has 0 aliphatic carbocycles. The van der Waals surface area contributed by atoms with E-state index >= 15 is 0 Å². The zero-order chi connectivity index (χ0) is 19.1. The van der Waals surface area contributed by atoms with Crippen LogP contribution in [0.25, 0.3) is 11.4 Å². The van der Waals surface area contributed by atoms with E-state index in [1.54, 1.807) is 36.7 Å². The Balaban J connectivity index is 1.46. The third-order valence-corrected chi connectivity index (χ3v) is 3.96. The van der Waals surface area contributed by atoms with Crippen LogP contribution in [0.15, 0.2) is 67.0 Å². The smallest absolute Gasteiger partial charge is 0.251 e. The second-order valence-electron chi connectivity index (χ2n) is 5.72. The summed E-state index contributed by atoms with van der Waals surface area (Å²) in [5.41, 5.74) is 1.90. The van der Waals surface area contributed by atoms with Crippen LogP contribution in [0.4, 0.5) is 5.69 Å². The topological polar surface area (TPSA) is 84.0 Å². The highest BCUT2D eigenvalue weighted by molar-refractivity contribution is 6.30. The van der Waals surface area contributed by atoms with Crippen molar-refractivity contribution in [3.05, 3.63) is 77.6 Å². The van der Waals surface area contributed by atoms with Crippen LogP contribution in [0.3, 0.4) is 0 Å². The monoisotopic (exact) mass is 380 g/mol. The van der Waals surface area contributed by atoms with E-state index in [0.29, 0.717) is 22.1 Å². The van der Waals surface area contributed by atoms with Crippen LogP contribution >= 0.6 is 11.6 Å². The van der Waals surface area contributed by atoms with Gasteiger partial charge in [-0.3, -0.25) is 9.59 Å². The summed E-state index contributed by atoms with van der Waals surface area (Å²) >= 11 is 5.79. The number of hydrogen-bond acceptors (Lipinski definition) is 4. The molecule has 27 heavy (non-hydrogen) atoms. The lowest BCUT2D eigenvalue weighted by atomic mass is 10.2. The summed E-state index contributed by atoms with van der Waals surface area (Å²) in [6.07, 6.45) is 3.25. The Morgan fingerprint density at radius 1 is 0.926 bits per heavy atom. The van der Waals surface area contributed by atoms with Gasteiger partial charge in [-0.05, 0) is 24.3 Å². The molecular formula is C20H17ClN4O2. The Hall–Kier alpha value is -3.25. The summed E-state index contributed by atoms with van der Waals surface area (Å²) in [5, 5.41) is 5.96. The number of amides is 2. The molecule has 7 heteroatoms. The van der Waals surface area contributed by atoms with E-state index in [4.69, 9.17) is 11.6 Å². The van der Waals surface area contributed by atoms with Crippen molar-refractivity contribution in [1.82, 2.24) is 15.3 Å². The molecule has 0 aliphatic heterocycles. The Kier molecular flexibility index (Phi) is 6.12. The molecule has 0 spiro atoms. The minimum atomic E-state index is -0.255. The number of carbonyl (C=O) groups is 2. The van der Waals surface area contributed by atoms with Crippen molar-refractivity contribution in [1.29, 1.82) is 0 Å². The van der Waals surface area contributed by atoms with E-state index in [0.717, 1.165) is 5.56 Å². The molecule has 6 nitrogen and oxygen atoms in total. The van der Waals surface area contributed by atoms with Gasteiger partial charge in [0.1, 0.15) is 0 Å². The van der Waals surface area contributed by atoms with Crippen molar-refractivity contribution in [2.24, 2.45) is 0 Å². The highest BCUT2D eigenvalue weighted by atomic mass is 35.5. The summed E-state index contributed by atoms with van der Waals surface area (Å²) in [6, 6.07) is 16.1. The summed E-state index contributed by atoms with van der Waals surface area (Å²) in [5.74, 6) is 0.0984. The van der Waals surface area contributed by atoms with Gasteiger partial charge in [0.2, 0.25) is 5.91 Å². The molecule has 0 atom stereocenters. The first-order valence-corrected chi connectivity index (χ1v) is 8.71. The second-order valence-corrected chi connectivity index (χ2v) is 6.16. The number of benzene rings is 2. The van der Waals surface area contributed by atoms with Crippen molar-refractivity contribution in [2.75, 3.05) is 11.9 Å². The van der Waals surface area contributed by atoms with E-state index in [9.17, 15) is 9.59 Å². The maximum atomic E-state index is 12.0. The van der Waals surface area contributed by atoms with Gasteiger partial charge in [0.05, 0.1) is 18.1 Å². The number of aromatic nitrogens is 2. The average Bonchev–Trinajstić information content (AvgIpc) is 2.69. The van der Waals surface area contributed by atoms with E-state index in [-0.39, 0.29) is 24.8 Å². The second kappa shape index (κ2) is 8.91. The molecule has 3 aromatic rings. The molecule has 0 radical (unpaired) electrons. The zero-order valence-electron chi connectivity index (χ0n) is 14.4. The number of nitrogens with zero attached hydrogens (tertiary/aromatic N) is 2. The van der Waals surface area contributed by atoms with Crippen LogP contribution < -0.4 is 10.6 Å². The van der Waals surface area contributed by atoms with E-state index in [2.05, 4.69) is 20.6 Å². The lowest BCUT2D eigenvalue weighted by Crippen LogP contribution is -2.27. The van der Waals surface area contributed by atoms with Crippen LogP contribution in [0, 0.1) is 0 Å². The maximum Gasteiger partial charge on any atom is 0.251 e. The molecule has 2 N–H and O–H groups in total. The molecule has 0 saturated carbocycles. The Morgan fingerprint density at radius 2 is 1.59 bits per heavy atom. The van der Waals surface area contributed by atoms with Crippen LogP contribution in [0.1, 0.15) is 16.8 Å². The highest BCUT2D eigenvalue weighted by Gasteiger charge is 2.08. The first-order chi connectivity index (χ1) is 13.1. The molecule has 0 fully saturated rings. The summed E-state index contributed by atoms with van der Waals surface area (Å²) in [6.45, 7) is 0.219. The standard InChI is InChI=1S/C20H17ClN4O2/c21-16-8-6-15(7-9-16)20(27)22-11-10-18(26)25-17-12-23-19(24-13-17)14-4-2-1-3-5-14/h1-9,12-13H,10-11H2,(H,22,27)(H,25,26). The van der Waals surface area contributed by atoms with Gasteiger partial charge >= 0.3 is 0 Å². The summed E-state index contributed by atoms with van der Waals surface area (Å²) in [7, 11) is 0. The Morgan fingerprint density at radius 3 is 2.26 bits per heavy atom. The lowest BCUT2D eigenvalue weighted by Gasteiger charge is -2.07. The first kappa shape index (κ1) is 18.5. The van der Waals surface area contributed by atoms with Crippen molar-refractivity contribution < 1.29 is 9.59 Å². The number of carbonyl (C=O) groups excluding carboxylic acids is 2. The molecule has 0 aliphatic rings. The number of anilines is 1. The van der Waals surface area contributed by atoms with E-state index in [1.165, 1.54) is 0 Å². The number of halogens is 1. The largest absolute Gasteiger partial charge is 0.352 e. The number of rotatable bonds is 6. The molecule has 3 rings (SSSR count). The predicted octanol–water partition coefficient (Wildman–Crippen LogP) is 3.56. The molecule has 0 saturated heterocycles. The zero-order valence-corrected chi connectivity index (χ0v) is 15.1. The van der Waals surface area contributed by atoms with Gasteiger partial charge in [-0.25, -0.2) is 9.97 Å². The number of hydrogen-bond donors (Lipinski definition) is 2. The van der Waals surface area contributed by atoms with Gasteiger partial charge in [0.15, 0.2) is 5.82 Å². The van der Waals surface area contributed by atoms with Crippen molar-refractivity contribution >= 4 is 29.1 Å². The average molecular weight is 381 g/mol. The van der Waals surface area contributed by atoms with Crippen molar-refractivity contribution in [3.8, 4) is 11.4 Å². The lowest BCUT2D eigenvalue weighted by molar-refractivity contribution is -0.116. The third-order valence-electron chi connectivity index (χ3n) is 3.71. The molecule has 2 amide bonds. The first-order valence-electron chi connectivity index (χ1n) is 8.33. The maximum absolute atomic E-state index is 12.0. The molecule has 0 bridgehead atoms. The fraction of sp³-hybridized carbons (Fsp3) is 0.100. The molecule has 1 heterocycles. The Labute approximate surface area is 161 Å². The number of nitrogens with one attached hydrogen (secondary N) is 2. The van der Waals surface area contributed by atoms with Crippen LogP contribution in [-0.4, -0.2) is 28.3 Å². The third kappa shape index (κ3) is 5.36. The van der Waals surface area contributed by atoms with Crippen molar-refractivity contribution in [3.63, 3.8) is 0 Å².